The molecule has 0 atom stereocenters. The van der Waals surface area contributed by atoms with Crippen molar-refractivity contribution in [1.29, 1.82) is 0 Å². The van der Waals surface area contributed by atoms with E-state index >= 15 is 0 Å². The molecular weight excluding hydrogens is 242 g/mol. The minimum Gasteiger partial charge on any atom is -0.443 e. The van der Waals surface area contributed by atoms with Crippen molar-refractivity contribution >= 4 is 33.6 Å². The zero-order valence-electron chi connectivity index (χ0n) is 9.83. The number of nitrogens with one attached hydrogen (secondary N) is 1. The fourth-order valence-corrected chi connectivity index (χ4v) is 2.04. The molecule has 0 aliphatic heterocycles. The van der Waals surface area contributed by atoms with Gasteiger partial charge in [-0.2, -0.15) is 0 Å². The van der Waals surface area contributed by atoms with E-state index in [1.165, 1.54) is 12.8 Å². The van der Waals surface area contributed by atoms with Crippen LogP contribution in [0.1, 0.15) is 0 Å². The molecule has 2 aromatic heterocycles. The summed E-state index contributed by atoms with van der Waals surface area (Å²) in [5.41, 5.74) is 5.08. The highest BCUT2D eigenvalue weighted by molar-refractivity contribution is 5.81. The van der Waals surface area contributed by atoms with Crippen LogP contribution in [0.4, 0.5) is 11.4 Å². The van der Waals surface area contributed by atoms with Crippen LogP contribution in [-0.4, -0.2) is 9.97 Å². The van der Waals surface area contributed by atoms with Crippen molar-refractivity contribution in [2.45, 2.75) is 0 Å². The molecule has 0 radical (unpaired) electrons. The Kier molecular flexibility index (Phi) is 2.05. The zero-order chi connectivity index (χ0) is 12.7. The van der Waals surface area contributed by atoms with Gasteiger partial charge in [0.2, 0.25) is 0 Å². The summed E-state index contributed by atoms with van der Waals surface area (Å²) in [7, 11) is 0. The number of nitrogens with zero attached hydrogens (tertiary/aromatic N) is 2. The van der Waals surface area contributed by atoms with Gasteiger partial charge in [-0.15, -0.1) is 0 Å². The first-order valence-electron chi connectivity index (χ1n) is 5.82. The molecule has 0 aliphatic rings. The molecule has 0 aliphatic carbocycles. The van der Waals surface area contributed by atoms with Gasteiger partial charge in [0.1, 0.15) is 11.0 Å². The monoisotopic (exact) mass is 251 g/mol. The van der Waals surface area contributed by atoms with E-state index in [4.69, 9.17) is 8.83 Å². The SMILES string of the molecule is c1nc2cc(Nc3ccc4ncoc4c3)ccc2o1. The minimum atomic E-state index is 0.757. The molecule has 0 amide bonds. The molecule has 0 saturated heterocycles. The lowest BCUT2D eigenvalue weighted by atomic mass is 10.2. The van der Waals surface area contributed by atoms with Crippen molar-refractivity contribution in [3.63, 3.8) is 0 Å². The van der Waals surface area contributed by atoms with Crippen molar-refractivity contribution in [3.05, 3.63) is 49.2 Å². The number of benzene rings is 2. The number of rotatable bonds is 2. The number of oxazole rings is 2. The van der Waals surface area contributed by atoms with Crippen LogP contribution in [-0.2, 0) is 0 Å². The number of fused-ring (bicyclic) bond motifs is 2. The van der Waals surface area contributed by atoms with E-state index in [2.05, 4.69) is 15.3 Å². The third-order valence-corrected chi connectivity index (χ3v) is 2.95. The molecular formula is C14H9N3O2. The maximum atomic E-state index is 5.28. The van der Waals surface area contributed by atoms with E-state index in [1.807, 2.05) is 36.4 Å². The van der Waals surface area contributed by atoms with Gasteiger partial charge in [-0.1, -0.05) is 0 Å². The van der Waals surface area contributed by atoms with Crippen LogP contribution in [0.5, 0.6) is 0 Å². The van der Waals surface area contributed by atoms with E-state index in [9.17, 15) is 0 Å². The third kappa shape index (κ3) is 1.72. The molecule has 2 heterocycles. The van der Waals surface area contributed by atoms with Crippen molar-refractivity contribution in [2.75, 3.05) is 5.32 Å². The summed E-state index contributed by atoms with van der Waals surface area (Å²) in [5, 5.41) is 3.30. The lowest BCUT2D eigenvalue weighted by Crippen LogP contribution is -1.89. The molecule has 0 unspecified atom stereocenters. The van der Waals surface area contributed by atoms with Gasteiger partial charge in [0.05, 0.1) is 0 Å². The second-order valence-electron chi connectivity index (χ2n) is 4.19. The highest BCUT2D eigenvalue weighted by Gasteiger charge is 2.03. The minimum absolute atomic E-state index is 0.757. The van der Waals surface area contributed by atoms with Gasteiger partial charge in [0.25, 0.3) is 0 Å². The average Bonchev–Trinajstić information content (AvgIpc) is 3.05. The summed E-state index contributed by atoms with van der Waals surface area (Å²) in [5.74, 6) is 0. The van der Waals surface area contributed by atoms with Gasteiger partial charge < -0.3 is 14.2 Å². The summed E-state index contributed by atoms with van der Waals surface area (Å²) in [4.78, 5) is 8.21. The van der Waals surface area contributed by atoms with Crippen LogP contribution in [0, 0.1) is 0 Å². The molecule has 5 nitrogen and oxygen atoms in total. The fourth-order valence-electron chi connectivity index (χ4n) is 2.04. The van der Waals surface area contributed by atoms with Crippen molar-refractivity contribution in [2.24, 2.45) is 0 Å². The standard InChI is InChI=1S/C14H9N3O2/c1-3-11-14(19-7-15-11)6-10(1)17-9-2-4-13-12(5-9)16-8-18-13/h1-8,17H. The van der Waals surface area contributed by atoms with E-state index in [0.717, 1.165) is 33.6 Å². The Morgan fingerprint density at radius 1 is 0.737 bits per heavy atom. The van der Waals surface area contributed by atoms with Gasteiger partial charge >= 0.3 is 0 Å². The first kappa shape index (κ1) is 10.1. The molecule has 0 saturated carbocycles. The van der Waals surface area contributed by atoms with Gasteiger partial charge in [0.15, 0.2) is 24.0 Å². The lowest BCUT2D eigenvalue weighted by Gasteiger charge is -2.05. The maximum absolute atomic E-state index is 5.28. The average molecular weight is 251 g/mol. The molecule has 1 N–H and O–H groups in total. The maximum Gasteiger partial charge on any atom is 0.181 e. The third-order valence-electron chi connectivity index (χ3n) is 2.95. The summed E-state index contributed by atoms with van der Waals surface area (Å²) >= 11 is 0. The van der Waals surface area contributed by atoms with Crippen LogP contribution in [0.3, 0.4) is 0 Å². The topological polar surface area (TPSA) is 64.1 Å². The first-order chi connectivity index (χ1) is 9.38. The van der Waals surface area contributed by atoms with E-state index in [0.29, 0.717) is 0 Å². The Morgan fingerprint density at radius 2 is 1.47 bits per heavy atom. The predicted octanol–water partition coefficient (Wildman–Crippen LogP) is 3.71. The molecule has 19 heavy (non-hydrogen) atoms. The quantitative estimate of drug-likeness (QED) is 0.588. The number of anilines is 2. The van der Waals surface area contributed by atoms with Crippen molar-refractivity contribution in [3.8, 4) is 0 Å². The Hall–Kier alpha value is -2.82. The van der Waals surface area contributed by atoms with E-state index < -0.39 is 0 Å². The molecule has 2 aromatic carbocycles. The van der Waals surface area contributed by atoms with Gasteiger partial charge in [-0.25, -0.2) is 9.97 Å². The van der Waals surface area contributed by atoms with Gasteiger partial charge in [0, 0.05) is 17.4 Å². The molecule has 5 heteroatoms. The molecule has 92 valence electrons. The van der Waals surface area contributed by atoms with Crippen molar-refractivity contribution in [1.82, 2.24) is 9.97 Å². The van der Waals surface area contributed by atoms with Crippen LogP contribution >= 0.6 is 0 Å². The van der Waals surface area contributed by atoms with Crippen LogP contribution in [0.25, 0.3) is 22.2 Å². The second-order valence-corrected chi connectivity index (χ2v) is 4.19. The molecule has 0 fully saturated rings. The number of hydrogen-bond donors (Lipinski definition) is 1. The summed E-state index contributed by atoms with van der Waals surface area (Å²) in [6.45, 7) is 0. The normalized spacial score (nSPS) is 11.2. The first-order valence-corrected chi connectivity index (χ1v) is 5.82. The summed E-state index contributed by atoms with van der Waals surface area (Å²) in [6, 6.07) is 11.5. The smallest absolute Gasteiger partial charge is 0.181 e. The Bertz CT molecular complexity index is 791. The highest BCUT2D eigenvalue weighted by Crippen LogP contribution is 2.24. The van der Waals surface area contributed by atoms with E-state index in [1.54, 1.807) is 0 Å². The van der Waals surface area contributed by atoms with Gasteiger partial charge in [-0.05, 0) is 30.3 Å². The Labute approximate surface area is 107 Å². The largest absolute Gasteiger partial charge is 0.443 e. The molecule has 4 aromatic rings. The summed E-state index contributed by atoms with van der Waals surface area (Å²) < 4.78 is 10.5. The molecule has 4 rings (SSSR count). The Balaban J connectivity index is 1.72. The Morgan fingerprint density at radius 3 is 2.42 bits per heavy atom. The van der Waals surface area contributed by atoms with E-state index in [-0.39, 0.29) is 0 Å². The van der Waals surface area contributed by atoms with Crippen molar-refractivity contribution < 1.29 is 8.83 Å². The van der Waals surface area contributed by atoms with Gasteiger partial charge in [-0.3, -0.25) is 0 Å². The highest BCUT2D eigenvalue weighted by atomic mass is 16.3. The molecule has 0 spiro atoms. The zero-order valence-corrected chi connectivity index (χ0v) is 9.83. The summed E-state index contributed by atoms with van der Waals surface area (Å²) in [6.07, 6.45) is 2.88. The second kappa shape index (κ2) is 3.84. The molecule has 0 bridgehead atoms. The number of aromatic nitrogens is 2. The van der Waals surface area contributed by atoms with Crippen LogP contribution in [0.2, 0.25) is 0 Å². The fraction of sp³-hybridized carbons (Fsp3) is 0. The van der Waals surface area contributed by atoms with Crippen LogP contribution in [0.15, 0.2) is 58.0 Å². The lowest BCUT2D eigenvalue weighted by molar-refractivity contribution is 0.602. The van der Waals surface area contributed by atoms with Crippen LogP contribution < -0.4 is 5.32 Å². The predicted molar refractivity (Wildman–Crippen MR) is 71.3 cm³/mol. The number of hydrogen-bond acceptors (Lipinski definition) is 5.